The number of hydrogen-bond acceptors (Lipinski definition) is 3. The van der Waals surface area contributed by atoms with Gasteiger partial charge in [0, 0.05) is 6.61 Å². The van der Waals surface area contributed by atoms with Gasteiger partial charge < -0.3 is 9.84 Å². The molecule has 0 radical (unpaired) electrons. The molecule has 0 aromatic carbocycles. The molecule has 0 amide bonds. The SMILES string of the molecule is CC(C)C1CCCCC1(O)C1CCOC2(CCSCC2)C1. The molecule has 3 unspecified atom stereocenters. The minimum absolute atomic E-state index is 0.100. The Hall–Kier alpha value is 0.270. The summed E-state index contributed by atoms with van der Waals surface area (Å²) in [5, 5.41) is 11.6. The molecule has 2 saturated heterocycles. The first kappa shape index (κ1) is 16.1. The van der Waals surface area contributed by atoms with Gasteiger partial charge in [-0.2, -0.15) is 11.8 Å². The molecule has 2 nitrogen and oxygen atoms in total. The summed E-state index contributed by atoms with van der Waals surface area (Å²) in [5.41, 5.74) is -0.323. The lowest BCUT2D eigenvalue weighted by molar-refractivity contribution is -0.178. The molecule has 1 spiro atoms. The van der Waals surface area contributed by atoms with Crippen molar-refractivity contribution in [2.45, 2.75) is 76.4 Å². The lowest BCUT2D eigenvalue weighted by Gasteiger charge is -2.53. The third-order valence-electron chi connectivity index (χ3n) is 6.39. The maximum Gasteiger partial charge on any atom is 0.0708 e. The standard InChI is InChI=1S/C18H32O2S/c1-14(2)16-5-3-4-7-18(16,19)15-6-10-20-17(13-15)8-11-21-12-9-17/h14-16,19H,3-13H2,1-2H3. The van der Waals surface area contributed by atoms with Crippen LogP contribution < -0.4 is 0 Å². The van der Waals surface area contributed by atoms with Gasteiger partial charge in [-0.05, 0) is 67.8 Å². The first-order valence-corrected chi connectivity index (χ1v) is 10.2. The van der Waals surface area contributed by atoms with E-state index in [1.165, 1.54) is 43.6 Å². The van der Waals surface area contributed by atoms with E-state index in [2.05, 4.69) is 25.6 Å². The molecule has 122 valence electrons. The smallest absolute Gasteiger partial charge is 0.0708 e. The van der Waals surface area contributed by atoms with Gasteiger partial charge in [0.05, 0.1) is 11.2 Å². The fourth-order valence-corrected chi connectivity index (χ4v) is 6.41. The molecule has 21 heavy (non-hydrogen) atoms. The highest BCUT2D eigenvalue weighted by Gasteiger charge is 2.51. The van der Waals surface area contributed by atoms with Crippen molar-refractivity contribution < 1.29 is 9.84 Å². The Kier molecular flexibility index (Phi) is 4.93. The lowest BCUT2D eigenvalue weighted by atomic mass is 9.61. The van der Waals surface area contributed by atoms with Crippen LogP contribution >= 0.6 is 11.8 Å². The third kappa shape index (κ3) is 3.16. The van der Waals surface area contributed by atoms with Gasteiger partial charge in [-0.15, -0.1) is 0 Å². The number of ether oxygens (including phenoxy) is 1. The van der Waals surface area contributed by atoms with Crippen LogP contribution in [0, 0.1) is 17.8 Å². The second-order valence-electron chi connectivity index (χ2n) is 7.92. The van der Waals surface area contributed by atoms with Crippen LogP contribution in [0.25, 0.3) is 0 Å². The summed E-state index contributed by atoms with van der Waals surface area (Å²) in [7, 11) is 0. The maximum absolute atomic E-state index is 11.6. The average Bonchev–Trinajstić information content (AvgIpc) is 2.48. The van der Waals surface area contributed by atoms with Crippen molar-refractivity contribution in [3.8, 4) is 0 Å². The molecule has 0 bridgehead atoms. The molecule has 0 aromatic heterocycles. The molecule has 1 N–H and O–H groups in total. The Morgan fingerprint density at radius 3 is 2.57 bits per heavy atom. The van der Waals surface area contributed by atoms with Crippen LogP contribution in [0.3, 0.4) is 0 Å². The third-order valence-corrected chi connectivity index (χ3v) is 7.38. The Bertz CT molecular complexity index is 346. The van der Waals surface area contributed by atoms with Crippen molar-refractivity contribution in [1.29, 1.82) is 0 Å². The van der Waals surface area contributed by atoms with Crippen LogP contribution in [0.2, 0.25) is 0 Å². The van der Waals surface area contributed by atoms with Crippen LogP contribution in [0.15, 0.2) is 0 Å². The highest BCUT2D eigenvalue weighted by Crippen LogP contribution is 2.50. The highest BCUT2D eigenvalue weighted by molar-refractivity contribution is 7.99. The first-order chi connectivity index (χ1) is 10.1. The zero-order valence-electron chi connectivity index (χ0n) is 13.8. The second-order valence-corrected chi connectivity index (χ2v) is 9.15. The van der Waals surface area contributed by atoms with Crippen LogP contribution in [0.5, 0.6) is 0 Å². The van der Waals surface area contributed by atoms with Gasteiger partial charge in [0.25, 0.3) is 0 Å². The normalized spacial score (nSPS) is 40.6. The number of thioether (sulfide) groups is 1. The van der Waals surface area contributed by atoms with Crippen molar-refractivity contribution in [3.63, 3.8) is 0 Å². The zero-order chi connectivity index (χ0) is 14.9. The summed E-state index contributed by atoms with van der Waals surface area (Å²) in [6.07, 6.45) is 9.30. The van der Waals surface area contributed by atoms with Gasteiger partial charge in [0.15, 0.2) is 0 Å². The predicted molar refractivity (Wildman–Crippen MR) is 89.7 cm³/mol. The molecular weight excluding hydrogens is 280 g/mol. The van der Waals surface area contributed by atoms with Gasteiger partial charge in [-0.25, -0.2) is 0 Å². The maximum atomic E-state index is 11.6. The van der Waals surface area contributed by atoms with Gasteiger partial charge in [0.1, 0.15) is 0 Å². The van der Waals surface area contributed by atoms with E-state index in [0.717, 1.165) is 25.9 Å². The monoisotopic (exact) mass is 312 g/mol. The first-order valence-electron chi connectivity index (χ1n) is 9.00. The van der Waals surface area contributed by atoms with E-state index >= 15 is 0 Å². The van der Waals surface area contributed by atoms with E-state index in [9.17, 15) is 5.11 Å². The molecule has 3 heteroatoms. The molecule has 1 aliphatic carbocycles. The van der Waals surface area contributed by atoms with Gasteiger partial charge >= 0.3 is 0 Å². The van der Waals surface area contributed by atoms with Gasteiger partial charge in [0.2, 0.25) is 0 Å². The summed E-state index contributed by atoms with van der Waals surface area (Å²) in [6, 6.07) is 0. The molecule has 0 aromatic rings. The van der Waals surface area contributed by atoms with Crippen molar-refractivity contribution in [2.24, 2.45) is 17.8 Å². The molecule has 2 heterocycles. The van der Waals surface area contributed by atoms with Crippen LogP contribution in [0.1, 0.15) is 65.2 Å². The van der Waals surface area contributed by atoms with E-state index in [1.54, 1.807) is 0 Å². The summed E-state index contributed by atoms with van der Waals surface area (Å²) in [4.78, 5) is 0. The van der Waals surface area contributed by atoms with E-state index in [4.69, 9.17) is 4.74 Å². The quantitative estimate of drug-likeness (QED) is 0.826. The van der Waals surface area contributed by atoms with E-state index in [0.29, 0.717) is 17.8 Å². The minimum Gasteiger partial charge on any atom is -0.389 e. The predicted octanol–water partition coefficient (Wildman–Crippen LogP) is 4.26. The van der Waals surface area contributed by atoms with E-state index in [-0.39, 0.29) is 5.60 Å². The largest absolute Gasteiger partial charge is 0.389 e. The highest BCUT2D eigenvalue weighted by atomic mass is 32.2. The molecule has 2 aliphatic heterocycles. The molecule has 3 aliphatic rings. The van der Waals surface area contributed by atoms with Crippen molar-refractivity contribution in [1.82, 2.24) is 0 Å². The summed E-state index contributed by atoms with van der Waals surface area (Å²) in [6.45, 7) is 5.46. The zero-order valence-corrected chi connectivity index (χ0v) is 14.6. The summed E-state index contributed by atoms with van der Waals surface area (Å²) >= 11 is 2.06. The molecule has 1 saturated carbocycles. The molecular formula is C18H32O2S. The van der Waals surface area contributed by atoms with Gasteiger partial charge in [-0.3, -0.25) is 0 Å². The summed E-state index contributed by atoms with van der Waals surface area (Å²) < 4.78 is 6.24. The van der Waals surface area contributed by atoms with Gasteiger partial charge in [-0.1, -0.05) is 26.7 Å². The van der Waals surface area contributed by atoms with Crippen molar-refractivity contribution >= 4 is 11.8 Å². The van der Waals surface area contributed by atoms with Crippen LogP contribution in [-0.4, -0.2) is 34.4 Å². The van der Waals surface area contributed by atoms with Crippen LogP contribution in [-0.2, 0) is 4.74 Å². The Morgan fingerprint density at radius 2 is 1.86 bits per heavy atom. The molecule has 3 fully saturated rings. The fourth-order valence-electron chi connectivity index (χ4n) is 5.17. The molecule has 3 atom stereocenters. The minimum atomic E-state index is -0.423. The number of hydrogen-bond donors (Lipinski definition) is 1. The topological polar surface area (TPSA) is 29.5 Å². The van der Waals surface area contributed by atoms with E-state index in [1.807, 2.05) is 0 Å². The summed E-state index contributed by atoms with van der Waals surface area (Å²) in [5.74, 6) is 4.01. The Labute approximate surface area is 134 Å². The molecule has 3 rings (SSSR count). The number of aliphatic hydroxyl groups is 1. The Balaban J connectivity index is 1.77. The number of rotatable bonds is 2. The van der Waals surface area contributed by atoms with Crippen molar-refractivity contribution in [3.05, 3.63) is 0 Å². The average molecular weight is 313 g/mol. The fraction of sp³-hybridized carbons (Fsp3) is 1.00. The van der Waals surface area contributed by atoms with Crippen molar-refractivity contribution in [2.75, 3.05) is 18.1 Å². The second kappa shape index (κ2) is 6.41. The van der Waals surface area contributed by atoms with Crippen LogP contribution in [0.4, 0.5) is 0 Å². The van der Waals surface area contributed by atoms with E-state index < -0.39 is 5.60 Å². The lowest BCUT2D eigenvalue weighted by Crippen LogP contribution is -2.55. The Morgan fingerprint density at radius 1 is 1.10 bits per heavy atom.